The van der Waals surface area contributed by atoms with E-state index in [0.717, 1.165) is 12.1 Å². The molecule has 0 spiro atoms. The normalized spacial score (nSPS) is 13.3. The van der Waals surface area contributed by atoms with Gasteiger partial charge in [-0.15, -0.1) is 10.2 Å². The number of non-ortho nitro benzene ring substituents is 1. The molecule has 0 saturated heterocycles. The van der Waals surface area contributed by atoms with Crippen molar-refractivity contribution in [3.8, 4) is 11.5 Å². The van der Waals surface area contributed by atoms with Crippen LogP contribution in [-0.2, 0) is 6.54 Å². The highest BCUT2D eigenvalue weighted by Gasteiger charge is 2.23. The highest BCUT2D eigenvalue weighted by atomic mass is 35.5. The first-order valence-corrected chi connectivity index (χ1v) is 8.47. The van der Waals surface area contributed by atoms with Crippen LogP contribution in [0, 0.1) is 10.1 Å². The lowest BCUT2D eigenvalue weighted by atomic mass is 10.2. The molecule has 0 saturated carbocycles. The second kappa shape index (κ2) is 7.63. The molecule has 0 radical (unpaired) electrons. The third kappa shape index (κ3) is 4.07. The summed E-state index contributed by atoms with van der Waals surface area (Å²) in [5.74, 6) is 0.867. The third-order valence-electron chi connectivity index (χ3n) is 4.27. The van der Waals surface area contributed by atoms with Crippen molar-refractivity contribution in [1.29, 1.82) is 0 Å². The molecule has 0 bridgehead atoms. The fourth-order valence-corrected chi connectivity index (χ4v) is 2.67. The van der Waals surface area contributed by atoms with Crippen molar-refractivity contribution < 1.29 is 14.2 Å². The van der Waals surface area contributed by atoms with Crippen LogP contribution in [0.4, 0.5) is 5.69 Å². The van der Waals surface area contributed by atoms with Gasteiger partial charge in [0.2, 0.25) is 5.89 Å². The second-order valence-electron chi connectivity index (χ2n) is 6.12. The predicted octanol–water partition coefficient (Wildman–Crippen LogP) is 3.07. The first kappa shape index (κ1) is 18.0. The minimum atomic E-state index is -0.444. The Bertz CT molecular complexity index is 894. The van der Waals surface area contributed by atoms with Gasteiger partial charge in [0, 0.05) is 28.3 Å². The summed E-state index contributed by atoms with van der Waals surface area (Å²) >= 11 is 5.92. The van der Waals surface area contributed by atoms with Crippen LogP contribution in [0.3, 0.4) is 0 Å². The number of aromatic nitrogens is 2. The lowest BCUT2D eigenvalue weighted by Gasteiger charge is -2.18. The Labute approximate surface area is 155 Å². The van der Waals surface area contributed by atoms with Crippen LogP contribution in [-0.4, -0.2) is 22.2 Å². The lowest BCUT2D eigenvalue weighted by Crippen LogP contribution is -3.07. The SMILES string of the molecule is C[C@@H](c1nnc(-c2ccc([N+](=O)[O-])cc2)o1)[NH+](C)Cc1ccc(Cl)cc1. The molecule has 2 aromatic carbocycles. The van der Waals surface area contributed by atoms with E-state index in [1.165, 1.54) is 17.0 Å². The molecule has 1 aromatic heterocycles. The molecule has 134 valence electrons. The van der Waals surface area contributed by atoms with Gasteiger partial charge >= 0.3 is 0 Å². The topological polar surface area (TPSA) is 86.5 Å². The highest BCUT2D eigenvalue weighted by molar-refractivity contribution is 6.30. The standard InChI is InChI=1S/C18H17ClN4O3/c1-12(22(2)11-13-3-7-15(19)8-4-13)17-20-21-18(26-17)14-5-9-16(10-6-14)23(24)25/h3-10,12H,11H2,1-2H3/p+1/t12-/m0/s1. The van der Waals surface area contributed by atoms with Gasteiger partial charge in [0.15, 0.2) is 6.04 Å². The molecule has 0 fully saturated rings. The monoisotopic (exact) mass is 373 g/mol. The maximum absolute atomic E-state index is 10.7. The Hall–Kier alpha value is -2.77. The molecule has 3 aromatic rings. The van der Waals surface area contributed by atoms with E-state index in [4.69, 9.17) is 16.0 Å². The van der Waals surface area contributed by atoms with Crippen molar-refractivity contribution >= 4 is 17.3 Å². The van der Waals surface area contributed by atoms with Gasteiger partial charge in [0.05, 0.1) is 12.0 Å². The van der Waals surface area contributed by atoms with Crippen molar-refractivity contribution in [2.24, 2.45) is 0 Å². The van der Waals surface area contributed by atoms with Crippen molar-refractivity contribution in [1.82, 2.24) is 10.2 Å². The number of benzene rings is 2. The molecular formula is C18H18ClN4O3+. The molecule has 7 nitrogen and oxygen atoms in total. The summed E-state index contributed by atoms with van der Waals surface area (Å²) in [6, 6.07) is 13.8. The van der Waals surface area contributed by atoms with Gasteiger partial charge in [0.1, 0.15) is 6.54 Å². The number of rotatable bonds is 6. The molecule has 0 aliphatic carbocycles. The fraction of sp³-hybridized carbons (Fsp3) is 0.222. The predicted molar refractivity (Wildman–Crippen MR) is 96.8 cm³/mol. The number of nitrogens with one attached hydrogen (secondary N) is 1. The number of nitrogens with zero attached hydrogens (tertiary/aromatic N) is 3. The molecule has 8 heteroatoms. The second-order valence-corrected chi connectivity index (χ2v) is 6.56. The molecule has 26 heavy (non-hydrogen) atoms. The van der Waals surface area contributed by atoms with Gasteiger partial charge in [-0.3, -0.25) is 10.1 Å². The molecule has 2 atom stereocenters. The van der Waals surface area contributed by atoms with Crippen LogP contribution in [0.25, 0.3) is 11.5 Å². The van der Waals surface area contributed by atoms with Crippen molar-refractivity contribution in [3.63, 3.8) is 0 Å². The number of quaternary nitrogens is 1. The van der Waals surface area contributed by atoms with E-state index < -0.39 is 4.92 Å². The number of hydrogen-bond acceptors (Lipinski definition) is 5. The average molecular weight is 374 g/mol. The van der Waals surface area contributed by atoms with Crippen LogP contribution in [0.5, 0.6) is 0 Å². The van der Waals surface area contributed by atoms with Gasteiger partial charge in [-0.25, -0.2) is 0 Å². The zero-order valence-electron chi connectivity index (χ0n) is 14.3. The van der Waals surface area contributed by atoms with E-state index in [2.05, 4.69) is 17.2 Å². The summed E-state index contributed by atoms with van der Waals surface area (Å²) in [6.07, 6.45) is 0. The van der Waals surface area contributed by atoms with Crippen LogP contribution in [0.1, 0.15) is 24.4 Å². The molecule has 0 aliphatic rings. The summed E-state index contributed by atoms with van der Waals surface area (Å²) in [7, 11) is 2.05. The Balaban J connectivity index is 1.71. The Kier molecular flexibility index (Phi) is 5.29. The third-order valence-corrected chi connectivity index (χ3v) is 4.52. The number of nitro groups is 1. The molecule has 1 unspecified atom stereocenters. The maximum atomic E-state index is 10.7. The van der Waals surface area contributed by atoms with E-state index in [1.807, 2.05) is 31.2 Å². The van der Waals surface area contributed by atoms with Gasteiger partial charge < -0.3 is 9.32 Å². The van der Waals surface area contributed by atoms with E-state index in [9.17, 15) is 10.1 Å². The largest absolute Gasteiger partial charge is 0.415 e. The Morgan fingerprint density at radius 3 is 2.42 bits per heavy atom. The molecule has 1 heterocycles. The molecule has 0 amide bonds. The molecule has 0 aliphatic heterocycles. The van der Waals surface area contributed by atoms with Crippen molar-refractivity contribution in [2.45, 2.75) is 19.5 Å². The van der Waals surface area contributed by atoms with Crippen molar-refractivity contribution in [2.75, 3.05) is 7.05 Å². The van der Waals surface area contributed by atoms with Gasteiger partial charge in [-0.1, -0.05) is 23.7 Å². The van der Waals surface area contributed by atoms with E-state index >= 15 is 0 Å². The number of halogens is 1. The average Bonchev–Trinajstić information content (AvgIpc) is 3.13. The fourth-order valence-electron chi connectivity index (χ4n) is 2.54. The highest BCUT2D eigenvalue weighted by Crippen LogP contribution is 2.22. The number of hydrogen-bond donors (Lipinski definition) is 1. The van der Waals surface area contributed by atoms with Gasteiger partial charge in [-0.05, 0) is 31.2 Å². The molecule has 1 N–H and O–H groups in total. The van der Waals surface area contributed by atoms with E-state index in [1.54, 1.807) is 12.1 Å². The summed E-state index contributed by atoms with van der Waals surface area (Å²) in [6.45, 7) is 2.80. The summed E-state index contributed by atoms with van der Waals surface area (Å²) in [5, 5.41) is 19.6. The van der Waals surface area contributed by atoms with Gasteiger partial charge in [0.25, 0.3) is 11.6 Å². The Morgan fingerprint density at radius 1 is 1.15 bits per heavy atom. The van der Waals surface area contributed by atoms with Crippen molar-refractivity contribution in [3.05, 3.63) is 75.1 Å². The zero-order valence-corrected chi connectivity index (χ0v) is 15.1. The van der Waals surface area contributed by atoms with Crippen LogP contribution in [0.2, 0.25) is 5.02 Å². The summed E-state index contributed by atoms with van der Waals surface area (Å²) in [4.78, 5) is 11.5. The van der Waals surface area contributed by atoms with E-state index in [-0.39, 0.29) is 11.7 Å². The van der Waals surface area contributed by atoms with Crippen LogP contribution >= 0.6 is 11.6 Å². The first-order valence-electron chi connectivity index (χ1n) is 8.09. The first-order chi connectivity index (χ1) is 12.4. The zero-order chi connectivity index (χ0) is 18.7. The lowest BCUT2D eigenvalue weighted by molar-refractivity contribution is -0.925. The Morgan fingerprint density at radius 2 is 1.81 bits per heavy atom. The molecule has 3 rings (SSSR count). The van der Waals surface area contributed by atoms with Crippen LogP contribution in [0.15, 0.2) is 52.9 Å². The number of nitro benzene ring substituents is 1. The maximum Gasteiger partial charge on any atom is 0.274 e. The summed E-state index contributed by atoms with van der Waals surface area (Å²) < 4.78 is 5.78. The smallest absolute Gasteiger partial charge is 0.274 e. The quantitative estimate of drug-likeness (QED) is 0.530. The molecular weight excluding hydrogens is 356 g/mol. The minimum absolute atomic E-state index is 0.00928. The van der Waals surface area contributed by atoms with Gasteiger partial charge in [-0.2, -0.15) is 0 Å². The van der Waals surface area contributed by atoms with Crippen LogP contribution < -0.4 is 4.90 Å². The van der Waals surface area contributed by atoms with E-state index in [0.29, 0.717) is 22.4 Å². The summed E-state index contributed by atoms with van der Waals surface area (Å²) in [5.41, 5.74) is 1.83. The minimum Gasteiger partial charge on any atom is -0.415 e.